The maximum Gasteiger partial charge on any atom is 0.191 e. The standard InChI is InChI=1S/C18H24N6O.HI/c1-14(17-11-15-7-3-4-8-16(15)25-17)23-18(19-2)20-9-5-6-10-24-12-21-22-13-24;/h3-4,7-8,11-14H,5-6,9-10H2,1-2H3,(H2,19,20,23);1H. The number of hydrogen-bond donors (Lipinski definition) is 2. The molecule has 0 bridgehead atoms. The van der Waals surface area contributed by atoms with Crippen molar-refractivity contribution in [3.63, 3.8) is 0 Å². The van der Waals surface area contributed by atoms with Crippen molar-refractivity contribution in [2.24, 2.45) is 4.99 Å². The fourth-order valence-corrected chi connectivity index (χ4v) is 2.65. The Morgan fingerprint density at radius 3 is 2.73 bits per heavy atom. The number of aromatic nitrogens is 3. The van der Waals surface area contributed by atoms with Crippen LogP contribution in [0.5, 0.6) is 0 Å². The lowest BCUT2D eigenvalue weighted by atomic mass is 10.2. The lowest BCUT2D eigenvalue weighted by molar-refractivity contribution is 0.487. The quantitative estimate of drug-likeness (QED) is 0.241. The summed E-state index contributed by atoms with van der Waals surface area (Å²) in [6.45, 7) is 3.85. The highest BCUT2D eigenvalue weighted by atomic mass is 127. The zero-order valence-corrected chi connectivity index (χ0v) is 17.4. The molecule has 140 valence electrons. The average molecular weight is 468 g/mol. The number of nitrogens with one attached hydrogen (secondary N) is 2. The first-order chi connectivity index (χ1) is 12.3. The lowest BCUT2D eigenvalue weighted by Gasteiger charge is -2.16. The number of halogens is 1. The molecule has 0 aliphatic rings. The summed E-state index contributed by atoms with van der Waals surface area (Å²) in [6, 6.07) is 10.1. The van der Waals surface area contributed by atoms with Crippen molar-refractivity contribution in [3.8, 4) is 0 Å². The van der Waals surface area contributed by atoms with Crippen LogP contribution in [0.4, 0.5) is 0 Å². The van der Waals surface area contributed by atoms with Crippen molar-refractivity contribution >= 4 is 40.9 Å². The van der Waals surface area contributed by atoms with Gasteiger partial charge in [-0.2, -0.15) is 0 Å². The molecule has 3 rings (SSSR count). The van der Waals surface area contributed by atoms with E-state index in [1.807, 2.05) is 22.8 Å². The Hall–Kier alpha value is -2.10. The average Bonchev–Trinajstić information content (AvgIpc) is 3.29. The summed E-state index contributed by atoms with van der Waals surface area (Å²) in [5.41, 5.74) is 0.906. The van der Waals surface area contributed by atoms with E-state index in [-0.39, 0.29) is 30.0 Å². The van der Waals surface area contributed by atoms with Crippen LogP contribution in [0.3, 0.4) is 0 Å². The third kappa shape index (κ3) is 5.45. The van der Waals surface area contributed by atoms with Crippen LogP contribution >= 0.6 is 24.0 Å². The second-order valence-corrected chi connectivity index (χ2v) is 5.96. The van der Waals surface area contributed by atoms with Gasteiger partial charge in [-0.1, -0.05) is 18.2 Å². The minimum atomic E-state index is 0. The number of fused-ring (bicyclic) bond motifs is 1. The van der Waals surface area contributed by atoms with Crippen LogP contribution in [-0.4, -0.2) is 34.3 Å². The highest BCUT2D eigenvalue weighted by Crippen LogP contribution is 2.23. The fraction of sp³-hybridized carbons (Fsp3) is 0.389. The Morgan fingerprint density at radius 2 is 2.00 bits per heavy atom. The Kier molecular flexibility index (Phi) is 7.89. The van der Waals surface area contributed by atoms with Crippen molar-refractivity contribution in [2.75, 3.05) is 13.6 Å². The smallest absolute Gasteiger partial charge is 0.191 e. The molecule has 0 radical (unpaired) electrons. The number of furan rings is 1. The first kappa shape index (κ1) is 20.2. The second kappa shape index (κ2) is 10.1. The van der Waals surface area contributed by atoms with E-state index < -0.39 is 0 Å². The summed E-state index contributed by atoms with van der Waals surface area (Å²) in [6.07, 6.45) is 5.57. The second-order valence-electron chi connectivity index (χ2n) is 5.96. The number of aliphatic imine (C=N–C) groups is 1. The Labute approximate surface area is 170 Å². The van der Waals surface area contributed by atoms with E-state index in [4.69, 9.17) is 4.42 Å². The summed E-state index contributed by atoms with van der Waals surface area (Å²) in [5.74, 6) is 1.68. The van der Waals surface area contributed by atoms with Gasteiger partial charge in [-0.25, -0.2) is 0 Å². The minimum absolute atomic E-state index is 0. The summed E-state index contributed by atoms with van der Waals surface area (Å²) in [4.78, 5) is 4.28. The number of guanidine groups is 1. The first-order valence-corrected chi connectivity index (χ1v) is 8.54. The van der Waals surface area contributed by atoms with Crippen LogP contribution in [-0.2, 0) is 6.54 Å². The van der Waals surface area contributed by atoms with Crippen LogP contribution in [0.2, 0.25) is 0 Å². The molecule has 0 aliphatic carbocycles. The molecule has 0 aliphatic heterocycles. The van der Waals surface area contributed by atoms with E-state index in [1.54, 1.807) is 19.7 Å². The molecule has 1 aromatic carbocycles. The van der Waals surface area contributed by atoms with Crippen molar-refractivity contribution in [1.29, 1.82) is 0 Å². The Bertz CT molecular complexity index is 781. The van der Waals surface area contributed by atoms with Crippen LogP contribution in [0, 0.1) is 0 Å². The zero-order chi connectivity index (χ0) is 17.5. The van der Waals surface area contributed by atoms with E-state index in [0.717, 1.165) is 48.6 Å². The molecule has 1 atom stereocenters. The number of nitrogens with zero attached hydrogens (tertiary/aromatic N) is 4. The third-order valence-electron chi connectivity index (χ3n) is 4.05. The van der Waals surface area contributed by atoms with Gasteiger partial charge in [0.25, 0.3) is 0 Å². The predicted octanol–water partition coefficient (Wildman–Crippen LogP) is 3.35. The van der Waals surface area contributed by atoms with Gasteiger partial charge in [-0.15, -0.1) is 34.2 Å². The normalized spacial score (nSPS) is 12.6. The van der Waals surface area contributed by atoms with Crippen molar-refractivity contribution in [3.05, 3.63) is 48.7 Å². The van der Waals surface area contributed by atoms with Crippen LogP contribution in [0.1, 0.15) is 31.6 Å². The Morgan fingerprint density at radius 1 is 1.23 bits per heavy atom. The van der Waals surface area contributed by atoms with E-state index in [1.165, 1.54) is 0 Å². The molecule has 2 heterocycles. The molecule has 8 heteroatoms. The number of hydrogen-bond acceptors (Lipinski definition) is 4. The van der Waals surface area contributed by atoms with Gasteiger partial charge in [0.15, 0.2) is 5.96 Å². The number of benzene rings is 1. The highest BCUT2D eigenvalue weighted by Gasteiger charge is 2.12. The van der Waals surface area contributed by atoms with Gasteiger partial charge in [-0.05, 0) is 31.9 Å². The maximum absolute atomic E-state index is 5.90. The molecule has 0 amide bonds. The molecular weight excluding hydrogens is 443 g/mol. The van der Waals surface area contributed by atoms with Gasteiger partial charge in [0, 0.05) is 25.5 Å². The number of unbranched alkanes of at least 4 members (excludes halogenated alkanes) is 1. The molecule has 3 aromatic rings. The van der Waals surface area contributed by atoms with E-state index in [9.17, 15) is 0 Å². The van der Waals surface area contributed by atoms with Crippen LogP contribution in [0.15, 0.2) is 52.4 Å². The molecule has 2 aromatic heterocycles. The number of aryl methyl sites for hydroxylation is 1. The Balaban J connectivity index is 0.00000243. The molecule has 7 nitrogen and oxygen atoms in total. The van der Waals surface area contributed by atoms with Gasteiger partial charge in [0.1, 0.15) is 24.0 Å². The summed E-state index contributed by atoms with van der Waals surface area (Å²) in [7, 11) is 1.78. The van der Waals surface area contributed by atoms with E-state index in [0.29, 0.717) is 0 Å². The van der Waals surface area contributed by atoms with Gasteiger partial charge < -0.3 is 19.6 Å². The van der Waals surface area contributed by atoms with Gasteiger partial charge in [-0.3, -0.25) is 4.99 Å². The van der Waals surface area contributed by atoms with Crippen molar-refractivity contribution in [2.45, 2.75) is 32.4 Å². The van der Waals surface area contributed by atoms with Gasteiger partial charge >= 0.3 is 0 Å². The van der Waals surface area contributed by atoms with Gasteiger partial charge in [0.05, 0.1) is 6.04 Å². The van der Waals surface area contributed by atoms with E-state index >= 15 is 0 Å². The molecular formula is C18H25IN6O. The zero-order valence-electron chi connectivity index (χ0n) is 15.1. The molecule has 26 heavy (non-hydrogen) atoms. The highest BCUT2D eigenvalue weighted by molar-refractivity contribution is 14.0. The van der Waals surface area contributed by atoms with Crippen molar-refractivity contribution in [1.82, 2.24) is 25.4 Å². The molecule has 0 spiro atoms. The monoisotopic (exact) mass is 468 g/mol. The summed E-state index contributed by atoms with van der Waals surface area (Å²) in [5, 5.41) is 15.4. The topological polar surface area (TPSA) is 80.3 Å². The number of para-hydroxylation sites is 1. The van der Waals surface area contributed by atoms with Crippen LogP contribution < -0.4 is 10.6 Å². The molecule has 0 saturated heterocycles. The predicted molar refractivity (Wildman–Crippen MR) is 114 cm³/mol. The fourth-order valence-electron chi connectivity index (χ4n) is 2.65. The van der Waals surface area contributed by atoms with Crippen LogP contribution in [0.25, 0.3) is 11.0 Å². The summed E-state index contributed by atoms with van der Waals surface area (Å²) >= 11 is 0. The largest absolute Gasteiger partial charge is 0.459 e. The SMILES string of the molecule is CN=C(NCCCCn1cnnc1)NC(C)c1cc2ccccc2o1.I. The number of rotatable bonds is 7. The molecule has 2 N–H and O–H groups in total. The van der Waals surface area contributed by atoms with Gasteiger partial charge in [0.2, 0.25) is 0 Å². The first-order valence-electron chi connectivity index (χ1n) is 8.54. The molecule has 1 unspecified atom stereocenters. The third-order valence-corrected chi connectivity index (χ3v) is 4.05. The molecule has 0 saturated carbocycles. The van der Waals surface area contributed by atoms with E-state index in [2.05, 4.69) is 44.9 Å². The van der Waals surface area contributed by atoms with Crippen molar-refractivity contribution < 1.29 is 4.42 Å². The summed E-state index contributed by atoms with van der Waals surface area (Å²) < 4.78 is 7.88. The lowest BCUT2D eigenvalue weighted by Crippen LogP contribution is -2.39. The maximum atomic E-state index is 5.90. The molecule has 0 fully saturated rings. The minimum Gasteiger partial charge on any atom is -0.459 e.